The molecule has 1 heterocycles. The molecule has 1 aliphatic heterocycles. The van der Waals surface area contributed by atoms with Crippen LogP contribution >= 0.6 is 0 Å². The summed E-state index contributed by atoms with van der Waals surface area (Å²) in [6, 6.07) is 11.6. The quantitative estimate of drug-likeness (QED) is 0.361. The Balaban J connectivity index is 1.55. The molecule has 1 amide bonds. The van der Waals surface area contributed by atoms with Gasteiger partial charge in [-0.25, -0.2) is 16.8 Å². The molecular formula is C24H22F3N3O7S2. The lowest BCUT2D eigenvalue weighted by Crippen LogP contribution is -2.40. The van der Waals surface area contributed by atoms with Crippen molar-refractivity contribution >= 4 is 37.3 Å². The van der Waals surface area contributed by atoms with Gasteiger partial charge in [0.25, 0.3) is 15.9 Å². The summed E-state index contributed by atoms with van der Waals surface area (Å²) >= 11 is 0. The number of phenolic OH excluding ortho intramolecular Hbond substituents is 1. The molecule has 3 aromatic carbocycles. The van der Waals surface area contributed by atoms with Gasteiger partial charge < -0.3 is 15.2 Å². The largest absolute Gasteiger partial charge is 0.506 e. The van der Waals surface area contributed by atoms with Crippen molar-refractivity contribution in [1.82, 2.24) is 4.31 Å². The average Bonchev–Trinajstić information content (AvgIpc) is 2.90. The number of nitrogens with zero attached hydrogens (tertiary/aromatic N) is 1. The Hall–Kier alpha value is -3.66. The van der Waals surface area contributed by atoms with Crippen molar-refractivity contribution in [1.29, 1.82) is 0 Å². The minimum absolute atomic E-state index is 0.140. The van der Waals surface area contributed by atoms with Crippen LogP contribution in [-0.4, -0.2) is 58.5 Å². The zero-order chi connectivity index (χ0) is 28.4. The second-order valence-electron chi connectivity index (χ2n) is 8.36. The van der Waals surface area contributed by atoms with Gasteiger partial charge >= 0.3 is 6.18 Å². The highest BCUT2D eigenvalue weighted by atomic mass is 32.2. The van der Waals surface area contributed by atoms with E-state index >= 15 is 0 Å². The number of phenols is 1. The number of sulfonamides is 2. The number of ether oxygens (including phenoxy) is 1. The van der Waals surface area contributed by atoms with E-state index in [0.717, 1.165) is 42.5 Å². The molecule has 3 aromatic rings. The average molecular weight is 586 g/mol. The van der Waals surface area contributed by atoms with Crippen LogP contribution in [-0.2, 0) is 31.0 Å². The summed E-state index contributed by atoms with van der Waals surface area (Å²) in [5, 5.41) is 12.6. The molecule has 15 heteroatoms. The maximum absolute atomic E-state index is 13.0. The number of halogens is 3. The van der Waals surface area contributed by atoms with E-state index in [1.165, 1.54) is 22.5 Å². The van der Waals surface area contributed by atoms with E-state index in [1.807, 2.05) is 4.72 Å². The number of aromatic hydroxyl groups is 1. The molecule has 0 aliphatic carbocycles. The third-order valence-corrected chi connectivity index (χ3v) is 8.95. The number of morpholine rings is 1. The summed E-state index contributed by atoms with van der Waals surface area (Å²) < 4.78 is 98.8. The van der Waals surface area contributed by atoms with Crippen molar-refractivity contribution < 1.29 is 44.6 Å². The lowest BCUT2D eigenvalue weighted by molar-refractivity contribution is -0.137. The first-order chi connectivity index (χ1) is 18.3. The fourth-order valence-electron chi connectivity index (χ4n) is 3.68. The number of nitrogens with one attached hydrogen (secondary N) is 2. The molecule has 0 radical (unpaired) electrons. The van der Waals surface area contributed by atoms with Gasteiger partial charge in [0.2, 0.25) is 10.0 Å². The molecule has 0 aromatic heterocycles. The first kappa shape index (κ1) is 28.4. The van der Waals surface area contributed by atoms with Gasteiger partial charge in [-0.1, -0.05) is 12.1 Å². The maximum atomic E-state index is 13.0. The summed E-state index contributed by atoms with van der Waals surface area (Å²) in [5.74, 6) is -1.30. The molecule has 3 N–H and O–H groups in total. The van der Waals surface area contributed by atoms with Crippen molar-refractivity contribution in [3.63, 3.8) is 0 Å². The van der Waals surface area contributed by atoms with Crippen molar-refractivity contribution in [2.45, 2.75) is 16.0 Å². The molecule has 4 rings (SSSR count). The van der Waals surface area contributed by atoms with Crippen molar-refractivity contribution in [2.24, 2.45) is 0 Å². The minimum Gasteiger partial charge on any atom is -0.506 e. The van der Waals surface area contributed by atoms with Crippen LogP contribution in [0.2, 0.25) is 0 Å². The number of amides is 1. The van der Waals surface area contributed by atoms with E-state index in [-0.39, 0.29) is 48.1 Å². The van der Waals surface area contributed by atoms with Crippen LogP contribution < -0.4 is 10.0 Å². The van der Waals surface area contributed by atoms with Crippen LogP contribution in [0.3, 0.4) is 0 Å². The molecule has 0 spiro atoms. The highest BCUT2D eigenvalue weighted by Gasteiger charge is 2.31. The lowest BCUT2D eigenvalue weighted by atomic mass is 10.2. The van der Waals surface area contributed by atoms with Gasteiger partial charge in [0, 0.05) is 24.3 Å². The summed E-state index contributed by atoms with van der Waals surface area (Å²) in [6.07, 6.45) is -4.68. The molecule has 1 fully saturated rings. The zero-order valence-electron chi connectivity index (χ0n) is 20.0. The predicted molar refractivity (Wildman–Crippen MR) is 134 cm³/mol. The Kier molecular flexibility index (Phi) is 7.88. The van der Waals surface area contributed by atoms with E-state index in [1.54, 1.807) is 0 Å². The SMILES string of the molecule is O=C(Nc1cc(S(=O)(=O)N2CCOCC2)ccc1O)c1cccc(S(=O)(=O)Nc2cccc(C(F)(F)F)c2)c1. The van der Waals surface area contributed by atoms with Crippen molar-refractivity contribution in [2.75, 3.05) is 36.3 Å². The number of hydrogen-bond acceptors (Lipinski definition) is 7. The Labute approximate surface area is 222 Å². The van der Waals surface area contributed by atoms with Gasteiger partial charge in [-0.2, -0.15) is 17.5 Å². The van der Waals surface area contributed by atoms with Crippen molar-refractivity contribution in [3.8, 4) is 5.75 Å². The molecule has 1 saturated heterocycles. The molecule has 0 unspecified atom stereocenters. The molecule has 10 nitrogen and oxygen atoms in total. The van der Waals surface area contributed by atoms with E-state index in [2.05, 4.69) is 5.32 Å². The van der Waals surface area contributed by atoms with Gasteiger partial charge in [0.05, 0.1) is 34.3 Å². The van der Waals surface area contributed by atoms with Gasteiger partial charge in [-0.05, 0) is 54.6 Å². The smallest absolute Gasteiger partial charge is 0.416 e. The number of anilines is 2. The highest BCUT2D eigenvalue weighted by Crippen LogP contribution is 2.32. The standard InChI is InChI=1S/C24H22F3N3O7S2/c25-24(26,27)17-4-2-5-18(14-17)29-38(33,34)19-6-1-3-16(13-19)23(32)28-21-15-20(7-8-22(21)31)39(35,36)30-9-11-37-12-10-30/h1-8,13-15,29,31H,9-12H2,(H,28,32). The fourth-order valence-corrected chi connectivity index (χ4v) is 6.21. The first-order valence-electron chi connectivity index (χ1n) is 11.3. The first-order valence-corrected chi connectivity index (χ1v) is 14.2. The maximum Gasteiger partial charge on any atom is 0.416 e. The van der Waals surface area contributed by atoms with E-state index < -0.39 is 48.3 Å². The Morgan fingerprint density at radius 2 is 1.59 bits per heavy atom. The fraction of sp³-hybridized carbons (Fsp3) is 0.208. The summed E-state index contributed by atoms with van der Waals surface area (Å²) in [4.78, 5) is 12.3. The van der Waals surface area contributed by atoms with Gasteiger partial charge in [-0.3, -0.25) is 9.52 Å². The van der Waals surface area contributed by atoms with Gasteiger partial charge in [-0.15, -0.1) is 0 Å². The summed E-state index contributed by atoms with van der Waals surface area (Å²) in [6.45, 7) is 0.729. The zero-order valence-corrected chi connectivity index (χ0v) is 21.6. The number of hydrogen-bond donors (Lipinski definition) is 3. The van der Waals surface area contributed by atoms with Crippen LogP contribution in [0.15, 0.2) is 76.5 Å². The third-order valence-electron chi connectivity index (χ3n) is 5.67. The normalized spacial score (nSPS) is 15.1. The van der Waals surface area contributed by atoms with E-state index in [4.69, 9.17) is 4.74 Å². The Morgan fingerprint density at radius 3 is 2.28 bits per heavy atom. The number of carbonyl (C=O) groups is 1. The van der Waals surface area contributed by atoms with Crippen LogP contribution in [0.25, 0.3) is 0 Å². The lowest BCUT2D eigenvalue weighted by Gasteiger charge is -2.26. The van der Waals surface area contributed by atoms with Gasteiger partial charge in [0.15, 0.2) is 0 Å². The summed E-state index contributed by atoms with van der Waals surface area (Å²) in [7, 11) is -8.33. The molecular weight excluding hydrogens is 563 g/mol. The predicted octanol–water partition coefficient (Wildman–Crippen LogP) is 3.49. The van der Waals surface area contributed by atoms with Crippen LogP contribution in [0.5, 0.6) is 5.75 Å². The van der Waals surface area contributed by atoms with E-state index in [9.17, 15) is 39.9 Å². The highest BCUT2D eigenvalue weighted by molar-refractivity contribution is 7.92. The van der Waals surface area contributed by atoms with E-state index in [0.29, 0.717) is 6.07 Å². The third kappa shape index (κ3) is 6.50. The Morgan fingerprint density at radius 1 is 0.897 bits per heavy atom. The molecule has 0 bridgehead atoms. The molecule has 1 aliphatic rings. The van der Waals surface area contributed by atoms with Crippen LogP contribution in [0, 0.1) is 0 Å². The van der Waals surface area contributed by atoms with Crippen molar-refractivity contribution in [3.05, 3.63) is 77.9 Å². The van der Waals surface area contributed by atoms with Crippen LogP contribution in [0.4, 0.5) is 24.5 Å². The Bertz CT molecular complexity index is 1610. The van der Waals surface area contributed by atoms with Gasteiger partial charge in [0.1, 0.15) is 5.75 Å². The number of rotatable bonds is 7. The number of benzene rings is 3. The van der Waals surface area contributed by atoms with Crippen LogP contribution in [0.1, 0.15) is 15.9 Å². The number of carbonyl (C=O) groups excluding carboxylic acids is 1. The topological polar surface area (TPSA) is 142 Å². The monoisotopic (exact) mass is 585 g/mol. The number of alkyl halides is 3. The molecule has 0 saturated carbocycles. The minimum atomic E-state index is -4.68. The second-order valence-corrected chi connectivity index (χ2v) is 12.0. The second kappa shape index (κ2) is 10.8. The molecule has 208 valence electrons. The molecule has 0 atom stereocenters. The molecule has 39 heavy (non-hydrogen) atoms. The summed E-state index contributed by atoms with van der Waals surface area (Å²) in [5.41, 5.74) is -1.79.